The van der Waals surface area contributed by atoms with Crippen LogP contribution in [0.5, 0.6) is 5.75 Å². The minimum atomic E-state index is -4.84. The Morgan fingerprint density at radius 1 is 0.878 bits per heavy atom. The van der Waals surface area contributed by atoms with E-state index in [1.807, 2.05) is 0 Å². The zero-order valence-electron chi connectivity index (χ0n) is 21.2. The Morgan fingerprint density at radius 2 is 1.51 bits per heavy atom. The minimum Gasteiger partial charge on any atom is -0.489 e. The normalized spacial score (nSPS) is 11.6. The summed E-state index contributed by atoms with van der Waals surface area (Å²) in [6.45, 7) is -0.539. The topological polar surface area (TPSA) is 75.7 Å². The number of sulfonamides is 1. The second-order valence-electron chi connectivity index (χ2n) is 8.82. The number of rotatable bonds is 10. The molecule has 4 aromatic carbocycles. The highest BCUT2D eigenvalue weighted by Crippen LogP contribution is 2.38. The maximum Gasteiger partial charge on any atom is 0.417 e. The van der Waals surface area contributed by atoms with Crippen molar-refractivity contribution in [3.05, 3.63) is 125 Å². The fourth-order valence-corrected chi connectivity index (χ4v) is 5.42. The highest BCUT2D eigenvalue weighted by Gasteiger charge is 2.35. The summed E-state index contributed by atoms with van der Waals surface area (Å²) in [4.78, 5) is 12.7. The van der Waals surface area contributed by atoms with Crippen LogP contribution in [0.4, 0.5) is 23.2 Å². The molecule has 41 heavy (non-hydrogen) atoms. The summed E-state index contributed by atoms with van der Waals surface area (Å²) in [5.41, 5.74) is -0.160. The van der Waals surface area contributed by atoms with Crippen molar-refractivity contribution in [1.29, 1.82) is 0 Å². The number of anilines is 1. The van der Waals surface area contributed by atoms with E-state index in [9.17, 15) is 30.8 Å². The predicted molar refractivity (Wildman–Crippen MR) is 146 cm³/mol. The standard InChI is InChI=1S/C29H23ClF4N2O4S/c30-27-15-12-23(16-26(27)29(32,33)34)36(41(38,39)25-4-2-1-3-5-25)18-28(37)35-17-20-8-13-24(14-9-20)40-19-21-6-10-22(31)11-7-21/h1-16H,17-19H2,(H,35,37). The average molecular weight is 607 g/mol. The molecule has 0 heterocycles. The van der Waals surface area contributed by atoms with E-state index in [2.05, 4.69) is 5.32 Å². The lowest BCUT2D eigenvalue weighted by molar-refractivity contribution is -0.137. The van der Waals surface area contributed by atoms with Gasteiger partial charge < -0.3 is 10.1 Å². The molecular weight excluding hydrogens is 584 g/mol. The Bertz CT molecular complexity index is 1600. The van der Waals surface area contributed by atoms with Gasteiger partial charge in [-0.1, -0.05) is 54.1 Å². The second kappa shape index (κ2) is 12.6. The van der Waals surface area contributed by atoms with Gasteiger partial charge in [0.25, 0.3) is 10.0 Å². The number of halogens is 5. The molecule has 214 valence electrons. The van der Waals surface area contributed by atoms with Gasteiger partial charge in [-0.25, -0.2) is 12.8 Å². The van der Waals surface area contributed by atoms with E-state index in [1.165, 1.54) is 36.4 Å². The van der Waals surface area contributed by atoms with E-state index >= 15 is 0 Å². The van der Waals surface area contributed by atoms with Crippen molar-refractivity contribution in [3.8, 4) is 5.75 Å². The molecule has 0 spiro atoms. The number of alkyl halides is 3. The lowest BCUT2D eigenvalue weighted by Crippen LogP contribution is -2.40. The van der Waals surface area contributed by atoms with E-state index in [1.54, 1.807) is 42.5 Å². The minimum absolute atomic E-state index is 0.0186. The van der Waals surface area contributed by atoms with E-state index in [0.717, 1.165) is 17.7 Å². The first-order valence-corrected chi connectivity index (χ1v) is 13.9. The molecule has 12 heteroatoms. The quantitative estimate of drug-likeness (QED) is 0.207. The number of carbonyl (C=O) groups excluding carboxylic acids is 1. The molecule has 0 saturated heterocycles. The lowest BCUT2D eigenvalue weighted by Gasteiger charge is -2.25. The third kappa shape index (κ3) is 7.77. The SMILES string of the molecule is O=C(CN(c1ccc(Cl)c(C(F)(F)F)c1)S(=O)(=O)c1ccccc1)NCc1ccc(OCc2ccc(F)cc2)cc1. The Kier molecular flexibility index (Phi) is 9.19. The van der Waals surface area contributed by atoms with Crippen molar-refractivity contribution >= 4 is 33.2 Å². The van der Waals surface area contributed by atoms with Crippen LogP contribution in [0, 0.1) is 5.82 Å². The van der Waals surface area contributed by atoms with Gasteiger partial charge in [-0.15, -0.1) is 0 Å². The predicted octanol–water partition coefficient (Wildman–Crippen LogP) is 6.59. The molecular formula is C29H23ClF4N2O4S. The monoisotopic (exact) mass is 606 g/mol. The van der Waals surface area contributed by atoms with Gasteiger partial charge in [-0.2, -0.15) is 13.2 Å². The molecule has 1 N–H and O–H groups in total. The van der Waals surface area contributed by atoms with E-state index in [4.69, 9.17) is 16.3 Å². The molecule has 0 fully saturated rings. The van der Waals surface area contributed by atoms with Gasteiger partial charge >= 0.3 is 6.18 Å². The van der Waals surface area contributed by atoms with Crippen LogP contribution in [0.25, 0.3) is 0 Å². The van der Waals surface area contributed by atoms with Crippen LogP contribution in [0.3, 0.4) is 0 Å². The molecule has 0 unspecified atom stereocenters. The van der Waals surface area contributed by atoms with Crippen LogP contribution in [0.2, 0.25) is 5.02 Å². The third-order valence-electron chi connectivity index (χ3n) is 5.89. The fraction of sp³-hybridized carbons (Fsp3) is 0.138. The Labute approximate surface area is 239 Å². The van der Waals surface area contributed by atoms with Crippen molar-refractivity contribution in [1.82, 2.24) is 5.32 Å². The van der Waals surface area contributed by atoms with Gasteiger partial charge in [-0.05, 0) is 65.7 Å². The number of ether oxygens (including phenoxy) is 1. The van der Waals surface area contributed by atoms with Gasteiger partial charge in [0.1, 0.15) is 24.7 Å². The molecule has 4 rings (SSSR count). The van der Waals surface area contributed by atoms with Crippen molar-refractivity contribution in [2.45, 2.75) is 24.2 Å². The van der Waals surface area contributed by atoms with Crippen molar-refractivity contribution in [2.24, 2.45) is 0 Å². The van der Waals surface area contributed by atoms with E-state index < -0.39 is 39.2 Å². The first kappa shape index (κ1) is 29.9. The molecule has 0 saturated carbocycles. The number of hydrogen-bond donors (Lipinski definition) is 1. The summed E-state index contributed by atoms with van der Waals surface area (Å²) in [5, 5.41) is 1.99. The second-order valence-corrected chi connectivity index (χ2v) is 11.1. The number of nitrogens with zero attached hydrogens (tertiary/aromatic N) is 1. The molecule has 0 aliphatic carbocycles. The van der Waals surface area contributed by atoms with Gasteiger partial charge in [0.2, 0.25) is 5.91 Å². The summed E-state index contributed by atoms with van der Waals surface area (Å²) in [7, 11) is -4.42. The van der Waals surface area contributed by atoms with Gasteiger partial charge in [-0.3, -0.25) is 9.10 Å². The highest BCUT2D eigenvalue weighted by atomic mass is 35.5. The summed E-state index contributed by atoms with van der Waals surface area (Å²) in [6.07, 6.45) is -4.84. The molecule has 0 aliphatic rings. The zero-order chi connectivity index (χ0) is 29.6. The van der Waals surface area contributed by atoms with E-state index in [-0.39, 0.29) is 29.6 Å². The maximum atomic E-state index is 13.5. The third-order valence-corrected chi connectivity index (χ3v) is 8.01. The summed E-state index contributed by atoms with van der Waals surface area (Å²) in [6, 6.07) is 22.3. The molecule has 0 radical (unpaired) electrons. The molecule has 0 atom stereocenters. The molecule has 0 aliphatic heterocycles. The van der Waals surface area contributed by atoms with Crippen molar-refractivity contribution < 1.29 is 35.5 Å². The number of nitrogens with one attached hydrogen (secondary N) is 1. The largest absolute Gasteiger partial charge is 0.489 e. The Balaban J connectivity index is 1.47. The fourth-order valence-electron chi connectivity index (χ4n) is 3.76. The summed E-state index contributed by atoms with van der Waals surface area (Å²) < 4.78 is 86.6. The Hall–Kier alpha value is -4.09. The van der Waals surface area contributed by atoms with Gasteiger partial charge in [0, 0.05) is 6.54 Å². The number of carbonyl (C=O) groups is 1. The molecule has 4 aromatic rings. The maximum absolute atomic E-state index is 13.5. The van der Waals surface area contributed by atoms with Gasteiger partial charge in [0.05, 0.1) is 21.2 Å². The number of amides is 1. The van der Waals surface area contributed by atoms with Crippen LogP contribution in [-0.2, 0) is 34.1 Å². The smallest absolute Gasteiger partial charge is 0.417 e. The van der Waals surface area contributed by atoms with Crippen LogP contribution >= 0.6 is 11.6 Å². The summed E-state index contributed by atoms with van der Waals surface area (Å²) in [5.74, 6) is -0.558. The molecule has 6 nitrogen and oxygen atoms in total. The highest BCUT2D eigenvalue weighted by molar-refractivity contribution is 7.92. The first-order valence-electron chi connectivity index (χ1n) is 12.1. The number of benzene rings is 4. The zero-order valence-corrected chi connectivity index (χ0v) is 22.8. The van der Waals surface area contributed by atoms with E-state index in [0.29, 0.717) is 21.7 Å². The van der Waals surface area contributed by atoms with Crippen LogP contribution < -0.4 is 14.4 Å². The van der Waals surface area contributed by atoms with Crippen molar-refractivity contribution in [3.63, 3.8) is 0 Å². The van der Waals surface area contributed by atoms with Gasteiger partial charge in [0.15, 0.2) is 0 Å². The Morgan fingerprint density at radius 3 is 2.15 bits per heavy atom. The first-order chi connectivity index (χ1) is 19.4. The average Bonchev–Trinajstić information content (AvgIpc) is 2.95. The summed E-state index contributed by atoms with van der Waals surface area (Å²) >= 11 is 5.72. The molecule has 1 amide bonds. The lowest BCUT2D eigenvalue weighted by atomic mass is 10.2. The van der Waals surface area contributed by atoms with Crippen LogP contribution in [-0.4, -0.2) is 20.9 Å². The molecule has 0 aromatic heterocycles. The van der Waals surface area contributed by atoms with Crippen molar-refractivity contribution in [2.75, 3.05) is 10.8 Å². The molecule has 0 bridgehead atoms. The van der Waals surface area contributed by atoms with Crippen LogP contribution in [0.1, 0.15) is 16.7 Å². The van der Waals surface area contributed by atoms with Crippen LogP contribution in [0.15, 0.2) is 102 Å². The number of hydrogen-bond acceptors (Lipinski definition) is 4.